The molecule has 4 N–H and O–H groups in total. The Morgan fingerprint density at radius 2 is 1.71 bits per heavy atom. The van der Waals surface area contributed by atoms with E-state index in [0.717, 1.165) is 32.1 Å². The first-order valence-electron chi connectivity index (χ1n) is 19.4. The van der Waals surface area contributed by atoms with Crippen molar-refractivity contribution in [3.05, 3.63) is 47.8 Å². The molecule has 2 saturated carbocycles. The van der Waals surface area contributed by atoms with Crippen molar-refractivity contribution in [2.24, 2.45) is 11.3 Å². The third kappa shape index (κ3) is 10.8. The maximum Gasteiger partial charge on any atom is 0.289 e. The van der Waals surface area contributed by atoms with Crippen molar-refractivity contribution in [1.29, 1.82) is 0 Å². The van der Waals surface area contributed by atoms with Crippen molar-refractivity contribution in [3.63, 3.8) is 0 Å². The average Bonchev–Trinajstić information content (AvgIpc) is 3.90. The number of pyridine rings is 1. The van der Waals surface area contributed by atoms with E-state index in [-0.39, 0.29) is 48.6 Å². The van der Waals surface area contributed by atoms with Crippen molar-refractivity contribution >= 4 is 47.7 Å². The first kappa shape index (κ1) is 41.7. The molecular weight excluding hydrogens is 722 g/mol. The van der Waals surface area contributed by atoms with Crippen molar-refractivity contribution in [1.82, 2.24) is 41.1 Å². The molecular formula is C39H53N9O8. The molecule has 2 aromatic rings. The molecule has 17 nitrogen and oxygen atoms in total. The Morgan fingerprint density at radius 1 is 0.982 bits per heavy atom. The lowest BCUT2D eigenvalue weighted by Gasteiger charge is -2.37. The van der Waals surface area contributed by atoms with Gasteiger partial charge in [-0.2, -0.15) is 4.74 Å². The summed E-state index contributed by atoms with van der Waals surface area (Å²) in [5.74, 6) is -3.94. The second-order valence-corrected chi connectivity index (χ2v) is 15.9. The molecule has 2 aliphatic carbocycles. The Labute approximate surface area is 326 Å². The van der Waals surface area contributed by atoms with Gasteiger partial charge in [-0.15, -0.1) is 0 Å². The van der Waals surface area contributed by atoms with Crippen LogP contribution < -0.4 is 26.0 Å². The Kier molecular flexibility index (Phi) is 13.7. The quantitative estimate of drug-likeness (QED) is 0.0635. The molecule has 0 unspecified atom stereocenters. The number of carbonyl (C=O) groups excluding carboxylic acids is 6. The standard InChI is InChI=1S/C39H53N9O8/c1-6-10-27(32(49)37(53)43-24-13-14-24)44-35(51)29-19-26(56-30-16-15-25(20-42-30)47(5)55)22-48(29)38(54)33(39(2,3)4)46-36(52)31(23-11-8-7-9-12-23)45-34(50)28-21-40-17-18-41-28/h15-18,20-21,23-24,26-27,29,31,33H,5-14,19,22H2,1-4H3,(H,43,53)(H,44,51)(H,45,50)(H,46,52)/t26-,27+,29+,31+,33-/m1/s1. The fourth-order valence-electron chi connectivity index (χ4n) is 7.15. The zero-order valence-corrected chi connectivity index (χ0v) is 32.5. The monoisotopic (exact) mass is 775 g/mol. The number of ether oxygens (including phenoxy) is 1. The van der Waals surface area contributed by atoms with E-state index >= 15 is 0 Å². The van der Waals surface area contributed by atoms with Gasteiger partial charge in [0.15, 0.2) is 0 Å². The van der Waals surface area contributed by atoms with E-state index in [1.165, 1.54) is 41.8 Å². The molecule has 0 aromatic carbocycles. The van der Waals surface area contributed by atoms with Gasteiger partial charge in [0.05, 0.1) is 18.8 Å². The van der Waals surface area contributed by atoms with Crippen LogP contribution in [0.15, 0.2) is 36.9 Å². The molecule has 3 heterocycles. The van der Waals surface area contributed by atoms with Crippen LogP contribution >= 0.6 is 0 Å². The summed E-state index contributed by atoms with van der Waals surface area (Å²) in [4.78, 5) is 95.9. The van der Waals surface area contributed by atoms with Gasteiger partial charge in [0.25, 0.3) is 11.8 Å². The number of nitrogens with one attached hydrogen (secondary N) is 4. The van der Waals surface area contributed by atoms with Gasteiger partial charge < -0.3 is 36.1 Å². The fourth-order valence-corrected chi connectivity index (χ4v) is 7.15. The number of carbonyl (C=O) groups is 6. The number of aromatic nitrogens is 3. The molecule has 3 aliphatic rings. The maximum absolute atomic E-state index is 14.8. The molecule has 0 bridgehead atoms. The summed E-state index contributed by atoms with van der Waals surface area (Å²) in [6.07, 6.45) is 11.1. The highest BCUT2D eigenvalue weighted by Gasteiger charge is 2.47. The molecule has 17 heteroatoms. The summed E-state index contributed by atoms with van der Waals surface area (Å²) in [6.45, 7) is 10.4. The minimum Gasteiger partial charge on any atom is -0.619 e. The van der Waals surface area contributed by atoms with E-state index in [0.29, 0.717) is 24.0 Å². The lowest BCUT2D eigenvalue weighted by Crippen LogP contribution is -2.62. The minimum absolute atomic E-state index is 0.00496. The molecule has 302 valence electrons. The molecule has 2 aromatic heterocycles. The van der Waals surface area contributed by atoms with Gasteiger partial charge in [-0.05, 0) is 43.4 Å². The van der Waals surface area contributed by atoms with Crippen LogP contribution in [0, 0.1) is 16.5 Å². The van der Waals surface area contributed by atoms with Crippen molar-refractivity contribution < 1.29 is 38.2 Å². The van der Waals surface area contributed by atoms with E-state index in [2.05, 4.69) is 42.9 Å². The van der Waals surface area contributed by atoms with Gasteiger partial charge in [-0.3, -0.25) is 33.8 Å². The molecule has 1 saturated heterocycles. The molecule has 5 atom stereocenters. The lowest BCUT2D eigenvalue weighted by atomic mass is 9.82. The van der Waals surface area contributed by atoms with Gasteiger partial charge in [0, 0.05) is 37.0 Å². The van der Waals surface area contributed by atoms with Crippen LogP contribution in [0.5, 0.6) is 5.88 Å². The molecule has 3 fully saturated rings. The van der Waals surface area contributed by atoms with Crippen LogP contribution in [0.1, 0.15) is 102 Å². The van der Waals surface area contributed by atoms with E-state index in [4.69, 9.17) is 4.74 Å². The van der Waals surface area contributed by atoms with Crippen LogP contribution in [0.3, 0.4) is 0 Å². The van der Waals surface area contributed by atoms with Crippen molar-refractivity contribution in [2.45, 2.75) is 128 Å². The van der Waals surface area contributed by atoms with Crippen molar-refractivity contribution in [2.75, 3.05) is 6.54 Å². The third-order valence-corrected chi connectivity index (χ3v) is 10.4. The summed E-state index contributed by atoms with van der Waals surface area (Å²) in [5.41, 5.74) is -0.638. The molecule has 1 aliphatic heterocycles. The smallest absolute Gasteiger partial charge is 0.289 e. The maximum atomic E-state index is 14.8. The van der Waals surface area contributed by atoms with Crippen LogP contribution in [0.25, 0.3) is 0 Å². The predicted molar refractivity (Wildman–Crippen MR) is 203 cm³/mol. The number of nitrogens with zero attached hydrogens (tertiary/aromatic N) is 5. The Morgan fingerprint density at radius 3 is 2.30 bits per heavy atom. The third-order valence-electron chi connectivity index (χ3n) is 10.4. The number of hydrogen-bond acceptors (Lipinski definition) is 11. The van der Waals surface area contributed by atoms with Gasteiger partial charge in [0.2, 0.25) is 35.1 Å². The van der Waals surface area contributed by atoms with E-state index < -0.39 is 71.0 Å². The average molecular weight is 776 g/mol. The zero-order valence-electron chi connectivity index (χ0n) is 32.5. The van der Waals surface area contributed by atoms with Gasteiger partial charge in [-0.25, -0.2) is 9.97 Å². The number of likely N-dealkylation sites (tertiary alicyclic amines) is 1. The highest BCUT2D eigenvalue weighted by atomic mass is 16.5. The number of Topliss-reactive ketones (excluding diaryl/α,β-unsaturated/α-hetero) is 1. The van der Waals surface area contributed by atoms with Gasteiger partial charge in [-0.1, -0.05) is 53.4 Å². The molecule has 0 spiro atoms. The minimum atomic E-state index is -1.17. The summed E-state index contributed by atoms with van der Waals surface area (Å²) in [7, 11) is 0. The Bertz CT molecular complexity index is 1760. The zero-order chi connectivity index (χ0) is 40.6. The summed E-state index contributed by atoms with van der Waals surface area (Å²) < 4.78 is 6.50. The second kappa shape index (κ2) is 18.4. The Balaban J connectivity index is 1.40. The van der Waals surface area contributed by atoms with E-state index in [1.54, 1.807) is 20.8 Å². The largest absolute Gasteiger partial charge is 0.619 e. The highest BCUT2D eigenvalue weighted by Crippen LogP contribution is 2.31. The number of hydrogen-bond donors (Lipinski definition) is 4. The second-order valence-electron chi connectivity index (χ2n) is 15.9. The van der Waals surface area contributed by atoms with Gasteiger partial charge >= 0.3 is 0 Å². The van der Waals surface area contributed by atoms with E-state index in [1.807, 2.05) is 6.92 Å². The number of amides is 5. The number of ketones is 1. The van der Waals surface area contributed by atoms with Crippen molar-refractivity contribution in [3.8, 4) is 5.88 Å². The molecule has 5 rings (SSSR count). The van der Waals surface area contributed by atoms with Crippen LogP contribution in [0.2, 0.25) is 0 Å². The van der Waals surface area contributed by atoms with Gasteiger partial charge in [0.1, 0.15) is 42.8 Å². The van der Waals surface area contributed by atoms with E-state index in [9.17, 15) is 34.0 Å². The predicted octanol–water partition coefficient (Wildman–Crippen LogP) is 2.10. The van der Waals surface area contributed by atoms with Crippen LogP contribution in [-0.2, 0) is 24.0 Å². The SMILES string of the molecule is C=[N+]([O-])c1ccc(O[C@@H]2C[C@@H](C(=O)N[C@@H](CCC)C(=O)C(=O)NC3CC3)N(C(=O)[C@@H](NC(=O)[C@@H](NC(=O)c3cnccn3)C3CCCCC3)C(C)(C)C)C2)nc1. The fraction of sp³-hybridized carbons (Fsp3) is 0.590. The first-order valence-corrected chi connectivity index (χ1v) is 19.4. The molecule has 5 amide bonds. The Hall–Kier alpha value is -5.48. The topological polar surface area (TPSA) is 228 Å². The molecule has 56 heavy (non-hydrogen) atoms. The lowest BCUT2D eigenvalue weighted by molar-refractivity contribution is -0.350. The molecule has 0 radical (unpaired) electrons. The summed E-state index contributed by atoms with van der Waals surface area (Å²) in [5, 5.41) is 22.8. The first-order chi connectivity index (χ1) is 26.7. The van der Waals surface area contributed by atoms with Crippen LogP contribution in [0.4, 0.5) is 5.69 Å². The van der Waals surface area contributed by atoms with Crippen LogP contribution in [-0.4, -0.2) is 109 Å². The highest BCUT2D eigenvalue weighted by molar-refractivity contribution is 6.38. The summed E-state index contributed by atoms with van der Waals surface area (Å²) >= 11 is 0. The number of rotatable bonds is 16. The summed E-state index contributed by atoms with van der Waals surface area (Å²) in [6, 6.07) is -1.54. The normalized spacial score (nSPS) is 20.2.